The van der Waals surface area contributed by atoms with Crippen LogP contribution in [0.3, 0.4) is 0 Å². The van der Waals surface area contributed by atoms with E-state index in [1.165, 1.54) is 0 Å². The average molecular weight is 405 g/mol. The normalized spacial score (nSPS) is 16.1. The molecule has 0 heterocycles. The quantitative estimate of drug-likeness (QED) is 0.269. The first-order chi connectivity index (χ1) is 13.7. The summed E-state index contributed by atoms with van der Waals surface area (Å²) in [4.78, 5) is 0. The zero-order chi connectivity index (χ0) is 21.0. The number of unbranched alkanes of at least 4 members (excludes halogenated alkanes) is 4. The molecule has 0 radical (unpaired) electrons. The lowest BCUT2D eigenvalue weighted by Gasteiger charge is -2.37. The molecule has 0 aliphatic heterocycles. The molecule has 0 saturated heterocycles. The van der Waals surface area contributed by atoms with Gasteiger partial charge in [-0.05, 0) is 32.1 Å². The van der Waals surface area contributed by atoms with Crippen molar-refractivity contribution in [1.29, 1.82) is 0 Å². The third kappa shape index (κ3) is 12.4. The van der Waals surface area contributed by atoms with Crippen molar-refractivity contribution < 1.29 is 24.1 Å². The maximum absolute atomic E-state index is 10.0. The molecule has 0 aliphatic carbocycles. The third-order valence-electron chi connectivity index (χ3n) is 4.91. The van der Waals surface area contributed by atoms with E-state index in [0.717, 1.165) is 64.4 Å². The van der Waals surface area contributed by atoms with Crippen molar-refractivity contribution in [3.63, 3.8) is 0 Å². The highest BCUT2D eigenvalue weighted by Crippen LogP contribution is 2.21. The highest BCUT2D eigenvalue weighted by Gasteiger charge is 2.37. The second-order valence-electron chi connectivity index (χ2n) is 7.49. The Morgan fingerprint density at radius 2 is 0.893 bits per heavy atom. The predicted octanol–water partition coefficient (Wildman–Crippen LogP) is 5.13. The number of hydrogen-bond acceptors (Lipinski definition) is 5. The summed E-state index contributed by atoms with van der Waals surface area (Å²) in [5, 5.41) is 10.0. The molecule has 5 nitrogen and oxygen atoms in total. The van der Waals surface area contributed by atoms with E-state index in [4.69, 9.17) is 18.9 Å². The van der Waals surface area contributed by atoms with E-state index < -0.39 is 0 Å². The summed E-state index contributed by atoms with van der Waals surface area (Å²) in [6, 6.07) is 0. The van der Waals surface area contributed by atoms with Gasteiger partial charge < -0.3 is 24.1 Å². The van der Waals surface area contributed by atoms with E-state index in [1.807, 2.05) is 0 Å². The highest BCUT2D eigenvalue weighted by atomic mass is 16.6. The summed E-state index contributed by atoms with van der Waals surface area (Å²) in [5.74, 6) is 0. The second kappa shape index (κ2) is 20.1. The van der Waals surface area contributed by atoms with Crippen LogP contribution in [0.25, 0.3) is 0 Å². The minimum Gasteiger partial charge on any atom is -0.394 e. The average Bonchev–Trinajstić information content (AvgIpc) is 2.71. The minimum absolute atomic E-state index is 0.0566. The molecule has 1 N–H and O–H groups in total. The van der Waals surface area contributed by atoms with Crippen LogP contribution >= 0.6 is 0 Å². The maximum atomic E-state index is 10.0. The van der Waals surface area contributed by atoms with Crippen LogP contribution in [0.5, 0.6) is 0 Å². The molecule has 0 aromatic rings. The first-order valence-corrected chi connectivity index (χ1v) is 11.8. The van der Waals surface area contributed by atoms with E-state index in [1.54, 1.807) is 0 Å². The molecule has 0 aromatic heterocycles. The van der Waals surface area contributed by atoms with Crippen molar-refractivity contribution in [2.45, 2.75) is 117 Å². The van der Waals surface area contributed by atoms with Gasteiger partial charge in [-0.3, -0.25) is 0 Å². The maximum Gasteiger partial charge on any atom is 0.115 e. The minimum atomic E-state index is -0.390. The van der Waals surface area contributed by atoms with Gasteiger partial charge in [0, 0.05) is 26.4 Å². The monoisotopic (exact) mass is 404 g/mol. The molecule has 5 heteroatoms. The number of aliphatic hydroxyl groups is 1. The van der Waals surface area contributed by atoms with E-state index in [0.29, 0.717) is 19.8 Å². The fourth-order valence-corrected chi connectivity index (χ4v) is 3.01. The Morgan fingerprint density at radius 3 is 1.25 bits per heavy atom. The number of hydrogen-bond donors (Lipinski definition) is 1. The summed E-state index contributed by atoms with van der Waals surface area (Å²) in [5.41, 5.74) is 0. The molecular formula is C23H48O5. The number of rotatable bonds is 21. The molecule has 0 fully saturated rings. The third-order valence-corrected chi connectivity index (χ3v) is 4.91. The summed E-state index contributed by atoms with van der Waals surface area (Å²) in [7, 11) is 0. The highest BCUT2D eigenvalue weighted by molar-refractivity contribution is 4.86. The van der Waals surface area contributed by atoms with Gasteiger partial charge in [-0.1, -0.05) is 60.3 Å². The lowest BCUT2D eigenvalue weighted by Crippen LogP contribution is -2.51. The van der Waals surface area contributed by atoms with Gasteiger partial charge >= 0.3 is 0 Å². The van der Waals surface area contributed by atoms with Gasteiger partial charge in [-0.15, -0.1) is 0 Å². The molecule has 0 unspecified atom stereocenters. The van der Waals surface area contributed by atoms with Crippen LogP contribution in [0.2, 0.25) is 0 Å². The molecule has 0 rings (SSSR count). The van der Waals surface area contributed by atoms with E-state index in [2.05, 4.69) is 34.6 Å². The largest absolute Gasteiger partial charge is 0.394 e. The van der Waals surface area contributed by atoms with Crippen LogP contribution in [-0.2, 0) is 18.9 Å². The topological polar surface area (TPSA) is 57.2 Å². The van der Waals surface area contributed by atoms with Crippen LogP contribution < -0.4 is 0 Å². The molecule has 0 aromatic carbocycles. The van der Waals surface area contributed by atoms with Crippen LogP contribution in [0, 0.1) is 0 Å². The fraction of sp³-hybridized carbons (Fsp3) is 1.00. The smallest absolute Gasteiger partial charge is 0.115 e. The Balaban J connectivity index is 5.34. The Morgan fingerprint density at radius 1 is 0.536 bits per heavy atom. The van der Waals surface area contributed by atoms with Crippen molar-refractivity contribution in [2.24, 2.45) is 0 Å². The summed E-state index contributed by atoms with van der Waals surface area (Å²) < 4.78 is 24.8. The van der Waals surface area contributed by atoms with Crippen molar-refractivity contribution in [1.82, 2.24) is 0 Å². The van der Waals surface area contributed by atoms with Gasteiger partial charge in [0.05, 0.1) is 12.7 Å². The van der Waals surface area contributed by atoms with Crippen molar-refractivity contribution >= 4 is 0 Å². The lowest BCUT2D eigenvalue weighted by molar-refractivity contribution is -0.186. The molecule has 0 saturated carbocycles. The van der Waals surface area contributed by atoms with E-state index >= 15 is 0 Å². The van der Waals surface area contributed by atoms with Crippen molar-refractivity contribution in [3.05, 3.63) is 0 Å². The molecule has 0 spiro atoms. The Hall–Kier alpha value is -0.200. The van der Waals surface area contributed by atoms with Gasteiger partial charge in [0.15, 0.2) is 0 Å². The predicted molar refractivity (Wildman–Crippen MR) is 116 cm³/mol. The van der Waals surface area contributed by atoms with Crippen LogP contribution in [0.4, 0.5) is 0 Å². The summed E-state index contributed by atoms with van der Waals surface area (Å²) in [6.07, 6.45) is 8.17. The summed E-state index contributed by atoms with van der Waals surface area (Å²) >= 11 is 0. The van der Waals surface area contributed by atoms with Gasteiger partial charge in [-0.25, -0.2) is 0 Å². The molecular weight excluding hydrogens is 356 g/mol. The zero-order valence-corrected chi connectivity index (χ0v) is 19.3. The Labute approximate surface area is 174 Å². The van der Waals surface area contributed by atoms with E-state index in [9.17, 15) is 5.11 Å². The van der Waals surface area contributed by atoms with Crippen molar-refractivity contribution in [2.75, 3.05) is 33.0 Å². The van der Waals surface area contributed by atoms with Gasteiger partial charge in [0.2, 0.25) is 0 Å². The molecule has 0 amide bonds. The van der Waals surface area contributed by atoms with Crippen LogP contribution in [-0.4, -0.2) is 62.6 Å². The number of aliphatic hydroxyl groups excluding tert-OH is 1. The molecule has 28 heavy (non-hydrogen) atoms. The van der Waals surface area contributed by atoms with Crippen LogP contribution in [0.1, 0.15) is 92.4 Å². The van der Waals surface area contributed by atoms with Crippen molar-refractivity contribution in [3.8, 4) is 0 Å². The van der Waals surface area contributed by atoms with Gasteiger partial charge in [0.25, 0.3) is 0 Å². The first-order valence-electron chi connectivity index (χ1n) is 11.8. The Kier molecular flexibility index (Phi) is 19.9. The molecule has 0 bridgehead atoms. The summed E-state index contributed by atoms with van der Waals surface area (Å²) in [6.45, 7) is 13.3. The molecule has 170 valence electrons. The van der Waals surface area contributed by atoms with E-state index in [-0.39, 0.29) is 31.0 Å². The number of ether oxygens (including phenoxy) is 4. The lowest BCUT2D eigenvalue weighted by atomic mass is 10.00. The molecule has 4 atom stereocenters. The van der Waals surface area contributed by atoms with Crippen LogP contribution in [0.15, 0.2) is 0 Å². The zero-order valence-electron chi connectivity index (χ0n) is 19.3. The second-order valence-corrected chi connectivity index (χ2v) is 7.49. The standard InChI is InChI=1S/C23H48O5/c1-6-11-15-25-20(10-5)22(27-17-13-8-3)23(28-18-14-9-4)21(19-24)26-16-12-7-2/h20-24H,6-19H2,1-5H3/t20-,21-,22-,23-/m1/s1. The first kappa shape index (κ1) is 27.8. The fourth-order valence-electron chi connectivity index (χ4n) is 3.01. The van der Waals surface area contributed by atoms with Gasteiger partial charge in [-0.2, -0.15) is 0 Å². The SMILES string of the molecule is CCCCO[C@@H]([C@H](OCCCC)[C@@H](CO)OCCCC)[C@@H](CC)OCCCC. The Bertz CT molecular complexity index is 283. The van der Waals surface area contributed by atoms with Gasteiger partial charge in [0.1, 0.15) is 18.3 Å². The molecule has 0 aliphatic rings.